The molecule has 0 bridgehead atoms. The van der Waals surface area contributed by atoms with Crippen molar-refractivity contribution in [1.82, 2.24) is 0 Å². The van der Waals surface area contributed by atoms with Crippen LogP contribution in [0.15, 0.2) is 12.7 Å². The minimum absolute atomic E-state index is 1.07. The minimum atomic E-state index is 1.07. The third-order valence-corrected chi connectivity index (χ3v) is 3.94. The second-order valence-electron chi connectivity index (χ2n) is 1.74. The number of rotatable bonds is 7. The first-order valence-electron chi connectivity index (χ1n) is 3.26. The maximum atomic E-state index is 3.66. The van der Waals surface area contributed by atoms with Crippen molar-refractivity contribution in [2.24, 2.45) is 0 Å². The second kappa shape index (κ2) is 9.79. The number of hydrogen-bond acceptors (Lipinski definition) is 3. The second-order valence-corrected chi connectivity index (χ2v) is 5.35. The van der Waals surface area contributed by atoms with Gasteiger partial charge in [0.05, 0.1) is 0 Å². The van der Waals surface area contributed by atoms with Gasteiger partial charge in [-0.05, 0) is 18.4 Å². The Morgan fingerprint density at radius 2 is 2.10 bits per heavy atom. The van der Waals surface area contributed by atoms with Crippen LogP contribution in [0.1, 0.15) is 6.42 Å². The molecule has 0 spiro atoms. The van der Waals surface area contributed by atoms with Crippen molar-refractivity contribution in [2.45, 2.75) is 6.42 Å². The standard InChI is InChI=1S/C7H14S3/c1-3-5-9-10-7-4-6-8-2/h3H,1,4-7H2,2H3. The Morgan fingerprint density at radius 1 is 1.30 bits per heavy atom. The normalized spacial score (nSPS) is 9.70. The molecule has 0 nitrogen and oxygen atoms in total. The molecule has 0 aromatic carbocycles. The van der Waals surface area contributed by atoms with Gasteiger partial charge in [0.25, 0.3) is 0 Å². The van der Waals surface area contributed by atoms with Gasteiger partial charge in [0, 0.05) is 11.5 Å². The third-order valence-electron chi connectivity index (χ3n) is 0.845. The summed E-state index contributed by atoms with van der Waals surface area (Å²) in [5, 5.41) is 0. The Kier molecular flexibility index (Phi) is 10.6. The zero-order chi connectivity index (χ0) is 7.66. The molecule has 0 saturated heterocycles. The van der Waals surface area contributed by atoms with Crippen LogP contribution in [0.5, 0.6) is 0 Å². The molecule has 0 rings (SSSR count). The molecule has 0 aromatic rings. The Morgan fingerprint density at radius 3 is 2.70 bits per heavy atom. The van der Waals surface area contributed by atoms with Gasteiger partial charge >= 0.3 is 0 Å². The average Bonchev–Trinajstić information content (AvgIpc) is 1.97. The molecule has 0 N–H and O–H groups in total. The average molecular weight is 194 g/mol. The highest BCUT2D eigenvalue weighted by atomic mass is 33.1. The largest absolute Gasteiger partial charge is 0.165 e. The summed E-state index contributed by atoms with van der Waals surface area (Å²) >= 11 is 1.92. The van der Waals surface area contributed by atoms with Crippen molar-refractivity contribution in [3.63, 3.8) is 0 Å². The fraction of sp³-hybridized carbons (Fsp3) is 0.714. The summed E-state index contributed by atoms with van der Waals surface area (Å²) in [5.41, 5.74) is 0. The van der Waals surface area contributed by atoms with Gasteiger partial charge in [-0.3, -0.25) is 0 Å². The molecule has 0 amide bonds. The van der Waals surface area contributed by atoms with Crippen molar-refractivity contribution < 1.29 is 0 Å². The smallest absolute Gasteiger partial charge is 0.0215 e. The summed E-state index contributed by atoms with van der Waals surface area (Å²) in [6, 6.07) is 0. The molecule has 0 atom stereocenters. The van der Waals surface area contributed by atoms with E-state index in [4.69, 9.17) is 0 Å². The summed E-state index contributed by atoms with van der Waals surface area (Å²) < 4.78 is 0. The predicted octanol–water partition coefficient (Wildman–Crippen LogP) is 3.31. The van der Waals surface area contributed by atoms with Crippen molar-refractivity contribution in [3.8, 4) is 0 Å². The molecular formula is C7H14S3. The summed E-state index contributed by atoms with van der Waals surface area (Å²) in [7, 11) is 3.84. The summed E-state index contributed by atoms with van der Waals surface area (Å²) in [6.45, 7) is 3.66. The van der Waals surface area contributed by atoms with E-state index in [1.54, 1.807) is 0 Å². The van der Waals surface area contributed by atoms with Crippen LogP contribution in [0.25, 0.3) is 0 Å². The Bertz CT molecular complexity index is 73.3. The zero-order valence-electron chi connectivity index (χ0n) is 6.34. The maximum absolute atomic E-state index is 3.66. The van der Waals surface area contributed by atoms with Crippen molar-refractivity contribution >= 4 is 33.3 Å². The van der Waals surface area contributed by atoms with Crippen LogP contribution in [0.2, 0.25) is 0 Å². The van der Waals surface area contributed by atoms with Gasteiger partial charge < -0.3 is 0 Å². The highest BCUT2D eigenvalue weighted by Crippen LogP contribution is 2.21. The van der Waals surface area contributed by atoms with Gasteiger partial charge in [0.15, 0.2) is 0 Å². The molecule has 0 saturated carbocycles. The molecule has 0 fully saturated rings. The highest BCUT2D eigenvalue weighted by molar-refractivity contribution is 8.76. The zero-order valence-corrected chi connectivity index (χ0v) is 8.79. The van der Waals surface area contributed by atoms with Gasteiger partial charge in [-0.1, -0.05) is 27.7 Å². The van der Waals surface area contributed by atoms with Crippen molar-refractivity contribution in [2.75, 3.05) is 23.5 Å². The molecule has 0 aromatic heterocycles. The summed E-state index contributed by atoms with van der Waals surface area (Å²) in [6.07, 6.45) is 5.43. The van der Waals surface area contributed by atoms with Gasteiger partial charge in [-0.25, -0.2) is 0 Å². The van der Waals surface area contributed by atoms with Gasteiger partial charge in [-0.2, -0.15) is 11.8 Å². The molecule has 3 heteroatoms. The first kappa shape index (κ1) is 10.8. The molecule has 0 radical (unpaired) electrons. The van der Waals surface area contributed by atoms with Crippen LogP contribution in [0.3, 0.4) is 0 Å². The van der Waals surface area contributed by atoms with Crippen LogP contribution in [0, 0.1) is 0 Å². The molecule has 60 valence electrons. The van der Waals surface area contributed by atoms with Crippen LogP contribution in [0.4, 0.5) is 0 Å². The van der Waals surface area contributed by atoms with E-state index in [-0.39, 0.29) is 0 Å². The lowest BCUT2D eigenvalue weighted by Crippen LogP contribution is -1.79. The molecule has 0 aliphatic rings. The number of hydrogen-bond donors (Lipinski definition) is 0. The molecule has 0 unspecified atom stereocenters. The van der Waals surface area contributed by atoms with Crippen molar-refractivity contribution in [3.05, 3.63) is 12.7 Å². The lowest BCUT2D eigenvalue weighted by atomic mass is 10.6. The first-order valence-corrected chi connectivity index (χ1v) is 7.14. The van der Waals surface area contributed by atoms with E-state index in [0.29, 0.717) is 0 Å². The van der Waals surface area contributed by atoms with E-state index in [2.05, 4.69) is 12.8 Å². The minimum Gasteiger partial charge on any atom is -0.165 e. The maximum Gasteiger partial charge on any atom is 0.0215 e. The van der Waals surface area contributed by atoms with E-state index in [9.17, 15) is 0 Å². The van der Waals surface area contributed by atoms with E-state index >= 15 is 0 Å². The SMILES string of the molecule is C=CCSSCCCSC. The van der Waals surface area contributed by atoms with Gasteiger partial charge in [0.2, 0.25) is 0 Å². The first-order chi connectivity index (χ1) is 4.91. The Hall–Kier alpha value is 0.790. The van der Waals surface area contributed by atoms with Crippen molar-refractivity contribution in [1.29, 1.82) is 0 Å². The molecule has 0 aliphatic heterocycles. The van der Waals surface area contributed by atoms with E-state index < -0.39 is 0 Å². The monoisotopic (exact) mass is 194 g/mol. The molecule has 0 aliphatic carbocycles. The topological polar surface area (TPSA) is 0 Å². The summed E-state index contributed by atoms with van der Waals surface area (Å²) in [5.74, 6) is 3.64. The fourth-order valence-corrected chi connectivity index (χ4v) is 2.89. The third kappa shape index (κ3) is 8.79. The predicted molar refractivity (Wildman–Crippen MR) is 58.1 cm³/mol. The van der Waals surface area contributed by atoms with Gasteiger partial charge in [0.1, 0.15) is 0 Å². The lowest BCUT2D eigenvalue weighted by Gasteiger charge is -1.96. The van der Waals surface area contributed by atoms with Crippen LogP contribution in [-0.4, -0.2) is 23.5 Å². The molecule has 10 heavy (non-hydrogen) atoms. The summed E-state index contributed by atoms with van der Waals surface area (Å²) in [4.78, 5) is 0. The molecule has 0 heterocycles. The van der Waals surface area contributed by atoms with E-state index in [1.807, 2.05) is 39.4 Å². The van der Waals surface area contributed by atoms with Gasteiger partial charge in [-0.15, -0.1) is 6.58 Å². The van der Waals surface area contributed by atoms with E-state index in [1.165, 1.54) is 17.9 Å². The highest BCUT2D eigenvalue weighted by Gasteiger charge is 1.87. The molecular weight excluding hydrogens is 180 g/mol. The fourth-order valence-electron chi connectivity index (χ4n) is 0.417. The quantitative estimate of drug-likeness (QED) is 0.347. The Balaban J connectivity index is 2.70. The van der Waals surface area contributed by atoms with E-state index in [0.717, 1.165) is 5.75 Å². The Labute approximate surface area is 76.0 Å². The van der Waals surface area contributed by atoms with Crippen LogP contribution < -0.4 is 0 Å². The number of thioether (sulfide) groups is 1. The van der Waals surface area contributed by atoms with Crippen LogP contribution >= 0.6 is 33.3 Å². The lowest BCUT2D eigenvalue weighted by molar-refractivity contribution is 1.13. The van der Waals surface area contributed by atoms with Crippen LogP contribution in [-0.2, 0) is 0 Å².